The summed E-state index contributed by atoms with van der Waals surface area (Å²) in [6.07, 6.45) is 1.57. The highest BCUT2D eigenvalue weighted by atomic mass is 32.2. The largest absolute Gasteiger partial charge is 0.469 e. The third-order valence-electron chi connectivity index (χ3n) is 4.19. The van der Waals surface area contributed by atoms with Gasteiger partial charge in [-0.15, -0.1) is 10.2 Å². The van der Waals surface area contributed by atoms with Crippen LogP contribution >= 0.6 is 11.8 Å². The maximum absolute atomic E-state index is 12.6. The van der Waals surface area contributed by atoms with Crippen LogP contribution in [0.3, 0.4) is 0 Å². The van der Waals surface area contributed by atoms with Gasteiger partial charge in [-0.1, -0.05) is 48.2 Å². The fraction of sp³-hybridized carbons (Fsp3) is 0.150. The van der Waals surface area contributed by atoms with Crippen LogP contribution in [0.5, 0.6) is 0 Å². The van der Waals surface area contributed by atoms with Gasteiger partial charge in [0.15, 0.2) is 0 Å². The highest BCUT2D eigenvalue weighted by Crippen LogP contribution is 2.29. The van der Waals surface area contributed by atoms with Crippen molar-refractivity contribution >= 4 is 34.1 Å². The lowest BCUT2D eigenvalue weighted by molar-refractivity contribution is -0.115. The van der Waals surface area contributed by atoms with Crippen LogP contribution in [-0.2, 0) is 4.79 Å². The molecule has 27 heavy (non-hydrogen) atoms. The first-order valence-corrected chi connectivity index (χ1v) is 9.33. The van der Waals surface area contributed by atoms with Crippen molar-refractivity contribution in [2.24, 2.45) is 0 Å². The number of hydrogen-bond donors (Lipinski definition) is 1. The zero-order valence-corrected chi connectivity index (χ0v) is 15.6. The van der Waals surface area contributed by atoms with E-state index in [0.717, 1.165) is 22.0 Å². The smallest absolute Gasteiger partial charge is 0.277 e. The van der Waals surface area contributed by atoms with Crippen LogP contribution in [0.25, 0.3) is 22.2 Å². The number of nitrogens with one attached hydrogen (secondary N) is 1. The third-order valence-corrected chi connectivity index (χ3v) is 5.12. The molecule has 4 rings (SSSR count). The summed E-state index contributed by atoms with van der Waals surface area (Å²) in [5.41, 5.74) is 1.54. The number of rotatable bonds is 5. The van der Waals surface area contributed by atoms with Gasteiger partial charge in [0.05, 0.1) is 17.1 Å². The van der Waals surface area contributed by atoms with Crippen molar-refractivity contribution in [3.05, 3.63) is 60.6 Å². The van der Waals surface area contributed by atoms with Gasteiger partial charge in [0.2, 0.25) is 5.91 Å². The van der Waals surface area contributed by atoms with E-state index in [-0.39, 0.29) is 5.91 Å². The van der Waals surface area contributed by atoms with Crippen LogP contribution in [0.1, 0.15) is 12.7 Å². The predicted octanol–water partition coefficient (Wildman–Crippen LogP) is 4.91. The molecule has 7 heteroatoms. The second-order valence-corrected chi connectivity index (χ2v) is 7.33. The lowest BCUT2D eigenvalue weighted by atomic mass is 10.1. The number of aromatic nitrogens is 2. The van der Waals surface area contributed by atoms with Crippen LogP contribution < -0.4 is 5.32 Å². The Hall–Kier alpha value is -3.06. The molecule has 2 heterocycles. The van der Waals surface area contributed by atoms with Crippen LogP contribution in [0.2, 0.25) is 0 Å². The van der Waals surface area contributed by atoms with E-state index in [0.29, 0.717) is 16.9 Å². The second-order valence-electron chi connectivity index (χ2n) is 6.04. The van der Waals surface area contributed by atoms with Crippen molar-refractivity contribution in [3.8, 4) is 11.5 Å². The van der Waals surface area contributed by atoms with Crippen molar-refractivity contribution in [1.82, 2.24) is 10.2 Å². The zero-order chi connectivity index (χ0) is 18.8. The molecule has 2 aromatic carbocycles. The van der Waals surface area contributed by atoms with Crippen molar-refractivity contribution < 1.29 is 13.6 Å². The normalized spacial score (nSPS) is 12.2. The summed E-state index contributed by atoms with van der Waals surface area (Å²) in [6.45, 7) is 3.63. The van der Waals surface area contributed by atoms with Gasteiger partial charge in [-0.25, -0.2) is 0 Å². The fourth-order valence-corrected chi connectivity index (χ4v) is 3.43. The highest BCUT2D eigenvalue weighted by molar-refractivity contribution is 8.00. The van der Waals surface area contributed by atoms with Gasteiger partial charge in [0.25, 0.3) is 11.1 Å². The minimum absolute atomic E-state index is 0.129. The molecule has 0 radical (unpaired) electrons. The molecule has 2 aromatic heterocycles. The Morgan fingerprint density at radius 1 is 1.11 bits per heavy atom. The molecule has 0 aliphatic rings. The van der Waals surface area contributed by atoms with E-state index >= 15 is 0 Å². The molecule has 0 spiro atoms. The maximum atomic E-state index is 12.6. The van der Waals surface area contributed by atoms with Crippen molar-refractivity contribution in [2.45, 2.75) is 24.3 Å². The fourth-order valence-electron chi connectivity index (χ4n) is 2.75. The molecular weight excluding hydrogens is 362 g/mol. The average molecular weight is 379 g/mol. The van der Waals surface area contributed by atoms with Crippen molar-refractivity contribution in [2.75, 3.05) is 5.32 Å². The van der Waals surface area contributed by atoms with Gasteiger partial charge in [-0.3, -0.25) is 4.79 Å². The number of fused-ring (bicyclic) bond motifs is 1. The van der Waals surface area contributed by atoms with Crippen molar-refractivity contribution in [3.63, 3.8) is 0 Å². The van der Waals surface area contributed by atoms with E-state index in [9.17, 15) is 4.79 Å². The predicted molar refractivity (Wildman–Crippen MR) is 105 cm³/mol. The Balaban J connectivity index is 1.47. The van der Waals surface area contributed by atoms with Crippen LogP contribution in [0.15, 0.2) is 68.9 Å². The number of nitrogens with zero attached hydrogens (tertiary/aromatic N) is 2. The van der Waals surface area contributed by atoms with Crippen LogP contribution in [0, 0.1) is 6.92 Å². The number of amides is 1. The Bertz CT molecular complexity index is 1100. The highest BCUT2D eigenvalue weighted by Gasteiger charge is 2.20. The minimum atomic E-state index is -0.400. The molecule has 0 bridgehead atoms. The Morgan fingerprint density at radius 2 is 1.93 bits per heavy atom. The molecule has 1 N–H and O–H groups in total. The standard InChI is InChI=1S/C20H17N3O3S/c1-12-15(10-11-25-12)19-22-23-20(26-19)27-13(2)18(24)21-17-9-5-7-14-6-3-4-8-16(14)17/h3-11,13H,1-2H3,(H,21,24). The topological polar surface area (TPSA) is 81.2 Å². The Morgan fingerprint density at radius 3 is 2.74 bits per heavy atom. The molecule has 0 saturated heterocycles. The Labute approximate surface area is 160 Å². The van der Waals surface area contributed by atoms with E-state index in [4.69, 9.17) is 8.83 Å². The summed E-state index contributed by atoms with van der Waals surface area (Å²) in [7, 11) is 0. The van der Waals surface area contributed by atoms with Gasteiger partial charge < -0.3 is 14.2 Å². The molecule has 0 aliphatic heterocycles. The lowest BCUT2D eigenvalue weighted by Crippen LogP contribution is -2.22. The molecule has 0 saturated carbocycles. The molecule has 1 amide bonds. The van der Waals surface area contributed by atoms with E-state index < -0.39 is 5.25 Å². The van der Waals surface area contributed by atoms with Crippen LogP contribution in [0.4, 0.5) is 5.69 Å². The van der Waals surface area contributed by atoms with Gasteiger partial charge in [0, 0.05) is 11.1 Å². The number of carbonyl (C=O) groups excluding carboxylic acids is 1. The summed E-state index contributed by atoms with van der Waals surface area (Å²) < 4.78 is 10.9. The lowest BCUT2D eigenvalue weighted by Gasteiger charge is -2.12. The average Bonchev–Trinajstić information content (AvgIpc) is 3.30. The summed E-state index contributed by atoms with van der Waals surface area (Å²) in [5, 5.41) is 13.0. The number of aryl methyl sites for hydroxylation is 1. The van der Waals surface area contributed by atoms with Crippen molar-refractivity contribution in [1.29, 1.82) is 0 Å². The SMILES string of the molecule is Cc1occc1-c1nnc(SC(C)C(=O)Nc2cccc3ccccc23)o1. The van der Waals surface area contributed by atoms with E-state index in [1.807, 2.05) is 49.4 Å². The maximum Gasteiger partial charge on any atom is 0.277 e. The number of hydrogen-bond acceptors (Lipinski definition) is 6. The quantitative estimate of drug-likeness (QED) is 0.496. The summed E-state index contributed by atoms with van der Waals surface area (Å²) in [5.74, 6) is 0.956. The molecule has 1 atom stereocenters. The number of carbonyl (C=O) groups is 1. The molecular formula is C20H17N3O3S. The molecule has 0 aliphatic carbocycles. The molecule has 4 aromatic rings. The summed E-state index contributed by atoms with van der Waals surface area (Å²) >= 11 is 1.22. The van der Waals surface area contributed by atoms with Gasteiger partial charge in [-0.05, 0) is 31.4 Å². The first-order chi connectivity index (χ1) is 13.1. The van der Waals surface area contributed by atoms with Gasteiger partial charge in [-0.2, -0.15) is 0 Å². The molecule has 136 valence electrons. The molecule has 6 nitrogen and oxygen atoms in total. The summed E-state index contributed by atoms with van der Waals surface area (Å²) in [4.78, 5) is 12.6. The van der Waals surface area contributed by atoms with E-state index in [2.05, 4.69) is 15.5 Å². The monoisotopic (exact) mass is 379 g/mol. The van der Waals surface area contributed by atoms with Crippen LogP contribution in [-0.4, -0.2) is 21.4 Å². The van der Waals surface area contributed by atoms with Gasteiger partial charge >= 0.3 is 0 Å². The first kappa shape index (κ1) is 17.4. The van der Waals surface area contributed by atoms with Gasteiger partial charge in [0.1, 0.15) is 5.76 Å². The summed E-state index contributed by atoms with van der Waals surface area (Å²) in [6, 6.07) is 15.5. The third kappa shape index (κ3) is 3.59. The van der Waals surface area contributed by atoms with E-state index in [1.54, 1.807) is 19.3 Å². The Kier molecular flexibility index (Phi) is 4.68. The molecule has 1 unspecified atom stereocenters. The number of benzene rings is 2. The zero-order valence-electron chi connectivity index (χ0n) is 14.8. The van der Waals surface area contributed by atoms with E-state index in [1.165, 1.54) is 11.8 Å². The number of anilines is 1. The minimum Gasteiger partial charge on any atom is -0.469 e. The second kappa shape index (κ2) is 7.28. The number of thioether (sulfide) groups is 1. The molecule has 0 fully saturated rings. The first-order valence-electron chi connectivity index (χ1n) is 8.45. The number of furan rings is 1.